The van der Waals surface area contributed by atoms with Crippen molar-refractivity contribution in [2.45, 2.75) is 25.0 Å². The quantitative estimate of drug-likeness (QED) is 0.625. The maximum atomic E-state index is 12.4. The van der Waals surface area contributed by atoms with Crippen LogP contribution in [0.3, 0.4) is 0 Å². The zero-order valence-electron chi connectivity index (χ0n) is 14.6. The van der Waals surface area contributed by atoms with E-state index in [1.807, 2.05) is 6.07 Å². The molecule has 1 aliphatic rings. The van der Waals surface area contributed by atoms with E-state index in [1.165, 1.54) is 6.33 Å². The van der Waals surface area contributed by atoms with Crippen LogP contribution in [0.25, 0.3) is 0 Å². The van der Waals surface area contributed by atoms with Crippen molar-refractivity contribution in [2.75, 3.05) is 5.32 Å². The average molecular weight is 361 g/mol. The molecular formula is C21H19N3O3. The predicted molar refractivity (Wildman–Crippen MR) is 101 cm³/mol. The van der Waals surface area contributed by atoms with E-state index in [0.29, 0.717) is 22.8 Å². The van der Waals surface area contributed by atoms with Crippen LogP contribution in [-0.4, -0.2) is 27.0 Å². The minimum absolute atomic E-state index is 0.274. The van der Waals surface area contributed by atoms with Crippen LogP contribution in [-0.2, 0) is 0 Å². The number of ketones is 1. The summed E-state index contributed by atoms with van der Waals surface area (Å²) in [6, 6.07) is 17.5. The molecule has 0 spiro atoms. The van der Waals surface area contributed by atoms with E-state index >= 15 is 0 Å². The lowest BCUT2D eigenvalue weighted by Gasteiger charge is -2.12. The van der Waals surface area contributed by atoms with Crippen LogP contribution in [0.15, 0.2) is 67.0 Å². The van der Waals surface area contributed by atoms with Gasteiger partial charge in [0.25, 0.3) is 0 Å². The first-order chi connectivity index (χ1) is 13.2. The minimum Gasteiger partial charge on any atom is -0.474 e. The zero-order chi connectivity index (χ0) is 18.6. The summed E-state index contributed by atoms with van der Waals surface area (Å²) in [6.45, 7) is 0. The number of anilines is 2. The molecule has 4 rings (SSSR count). The van der Waals surface area contributed by atoms with E-state index in [-0.39, 0.29) is 11.9 Å². The molecule has 1 atom stereocenters. The summed E-state index contributed by atoms with van der Waals surface area (Å²) in [5.74, 6) is 0.846. The van der Waals surface area contributed by atoms with Crippen molar-refractivity contribution in [1.82, 2.24) is 9.97 Å². The SMILES string of the molecule is O=C(c1ccccc1)C(O)c1ccc(Nc2cc(OC3CC3)ncn2)cc1. The number of nitrogens with one attached hydrogen (secondary N) is 1. The van der Waals surface area contributed by atoms with Crippen molar-refractivity contribution in [2.24, 2.45) is 0 Å². The van der Waals surface area contributed by atoms with E-state index in [2.05, 4.69) is 15.3 Å². The maximum Gasteiger partial charge on any atom is 0.218 e. The Labute approximate surface area is 156 Å². The van der Waals surface area contributed by atoms with Gasteiger partial charge in [-0.25, -0.2) is 9.97 Å². The van der Waals surface area contributed by atoms with Gasteiger partial charge in [0.15, 0.2) is 5.78 Å². The molecule has 1 unspecified atom stereocenters. The Balaban J connectivity index is 1.43. The van der Waals surface area contributed by atoms with E-state index < -0.39 is 6.10 Å². The average Bonchev–Trinajstić information content (AvgIpc) is 3.52. The first kappa shape index (κ1) is 17.2. The summed E-state index contributed by atoms with van der Waals surface area (Å²) in [5, 5.41) is 13.5. The van der Waals surface area contributed by atoms with Gasteiger partial charge in [-0.3, -0.25) is 4.79 Å². The van der Waals surface area contributed by atoms with Crippen LogP contribution in [0.2, 0.25) is 0 Å². The summed E-state index contributed by atoms with van der Waals surface area (Å²) >= 11 is 0. The highest BCUT2D eigenvalue weighted by Gasteiger charge is 2.24. The first-order valence-corrected chi connectivity index (χ1v) is 8.82. The second kappa shape index (κ2) is 7.55. The van der Waals surface area contributed by atoms with Crippen molar-refractivity contribution in [3.63, 3.8) is 0 Å². The van der Waals surface area contributed by atoms with Crippen LogP contribution >= 0.6 is 0 Å². The van der Waals surface area contributed by atoms with Crippen molar-refractivity contribution in [1.29, 1.82) is 0 Å². The lowest BCUT2D eigenvalue weighted by atomic mass is 10.00. The van der Waals surface area contributed by atoms with Gasteiger partial charge in [0.2, 0.25) is 5.88 Å². The van der Waals surface area contributed by atoms with Crippen molar-refractivity contribution < 1.29 is 14.6 Å². The van der Waals surface area contributed by atoms with Gasteiger partial charge < -0.3 is 15.2 Å². The standard InChI is InChI=1S/C21H19N3O3/c25-20(14-4-2-1-3-5-14)21(26)15-6-8-16(9-7-15)24-18-12-19(23-13-22-18)27-17-10-11-17/h1-9,12-13,17,21,26H,10-11H2,(H,22,23,24). The monoisotopic (exact) mass is 361 g/mol. The number of carbonyl (C=O) groups excluding carboxylic acids is 1. The molecule has 1 aromatic heterocycles. The molecule has 0 saturated heterocycles. The van der Waals surface area contributed by atoms with E-state index in [1.54, 1.807) is 54.6 Å². The van der Waals surface area contributed by atoms with Crippen LogP contribution in [0.1, 0.15) is 34.9 Å². The lowest BCUT2D eigenvalue weighted by molar-refractivity contribution is 0.0747. The highest BCUT2D eigenvalue weighted by molar-refractivity contribution is 5.99. The summed E-state index contributed by atoms with van der Waals surface area (Å²) in [6.07, 6.45) is 2.67. The fourth-order valence-electron chi connectivity index (χ4n) is 2.64. The summed E-state index contributed by atoms with van der Waals surface area (Å²) in [7, 11) is 0. The summed E-state index contributed by atoms with van der Waals surface area (Å²) in [5.41, 5.74) is 1.81. The first-order valence-electron chi connectivity index (χ1n) is 8.82. The Morgan fingerprint density at radius 2 is 1.81 bits per heavy atom. The molecule has 0 radical (unpaired) electrons. The number of rotatable bonds is 7. The Hall–Kier alpha value is -3.25. The van der Waals surface area contributed by atoms with E-state index in [0.717, 1.165) is 18.5 Å². The second-order valence-corrected chi connectivity index (χ2v) is 6.44. The number of ether oxygens (including phenoxy) is 1. The third-order valence-electron chi connectivity index (χ3n) is 4.26. The molecule has 0 amide bonds. The number of aliphatic hydroxyl groups excluding tert-OH is 1. The highest BCUT2D eigenvalue weighted by Crippen LogP contribution is 2.27. The Bertz CT molecular complexity index is 925. The van der Waals surface area contributed by atoms with Crippen molar-refractivity contribution >= 4 is 17.3 Å². The van der Waals surface area contributed by atoms with Crippen molar-refractivity contribution in [3.05, 3.63) is 78.1 Å². The number of Topliss-reactive ketones (excluding diaryl/α,β-unsaturated/α-hetero) is 1. The number of hydrogen-bond donors (Lipinski definition) is 2. The highest BCUT2D eigenvalue weighted by atomic mass is 16.5. The molecule has 27 heavy (non-hydrogen) atoms. The van der Waals surface area contributed by atoms with Crippen LogP contribution < -0.4 is 10.1 Å². The fraction of sp³-hybridized carbons (Fsp3) is 0.190. The molecule has 6 nitrogen and oxygen atoms in total. The number of carbonyl (C=O) groups is 1. The zero-order valence-corrected chi connectivity index (χ0v) is 14.6. The molecule has 2 N–H and O–H groups in total. The Morgan fingerprint density at radius 3 is 2.52 bits per heavy atom. The van der Waals surface area contributed by atoms with Gasteiger partial charge in [0, 0.05) is 17.3 Å². The molecule has 1 heterocycles. The molecule has 0 bridgehead atoms. The summed E-state index contributed by atoms with van der Waals surface area (Å²) < 4.78 is 5.66. The third-order valence-corrected chi connectivity index (χ3v) is 4.26. The molecule has 136 valence electrons. The largest absolute Gasteiger partial charge is 0.474 e. The fourth-order valence-corrected chi connectivity index (χ4v) is 2.64. The minimum atomic E-state index is -1.20. The Kier molecular flexibility index (Phi) is 4.80. The molecule has 1 aliphatic carbocycles. The number of hydrogen-bond acceptors (Lipinski definition) is 6. The topological polar surface area (TPSA) is 84.3 Å². The summed E-state index contributed by atoms with van der Waals surface area (Å²) in [4.78, 5) is 20.6. The number of aromatic nitrogens is 2. The molecule has 1 saturated carbocycles. The molecular weight excluding hydrogens is 342 g/mol. The molecule has 3 aromatic rings. The molecule has 1 fully saturated rings. The Morgan fingerprint density at radius 1 is 1.07 bits per heavy atom. The van der Waals surface area contributed by atoms with Gasteiger partial charge >= 0.3 is 0 Å². The van der Waals surface area contributed by atoms with E-state index in [9.17, 15) is 9.90 Å². The smallest absolute Gasteiger partial charge is 0.218 e. The van der Waals surface area contributed by atoms with Crippen LogP contribution in [0, 0.1) is 0 Å². The number of nitrogens with zero attached hydrogens (tertiary/aromatic N) is 2. The van der Waals surface area contributed by atoms with Crippen LogP contribution in [0.5, 0.6) is 5.88 Å². The van der Waals surface area contributed by atoms with Gasteiger partial charge in [-0.05, 0) is 30.5 Å². The molecule has 2 aromatic carbocycles. The third kappa shape index (κ3) is 4.30. The van der Waals surface area contributed by atoms with Gasteiger partial charge in [-0.2, -0.15) is 0 Å². The molecule has 0 aliphatic heterocycles. The maximum absolute atomic E-state index is 12.4. The van der Waals surface area contributed by atoms with Gasteiger partial charge in [-0.15, -0.1) is 0 Å². The van der Waals surface area contributed by atoms with Gasteiger partial charge in [0.1, 0.15) is 24.4 Å². The van der Waals surface area contributed by atoms with E-state index in [4.69, 9.17) is 4.74 Å². The normalized spacial score (nSPS) is 14.4. The molecule has 6 heteroatoms. The second-order valence-electron chi connectivity index (χ2n) is 6.44. The number of benzene rings is 2. The lowest BCUT2D eigenvalue weighted by Crippen LogP contribution is -2.12. The van der Waals surface area contributed by atoms with Crippen molar-refractivity contribution in [3.8, 4) is 5.88 Å². The number of aliphatic hydroxyl groups is 1. The van der Waals surface area contributed by atoms with Gasteiger partial charge in [0.05, 0.1) is 0 Å². The van der Waals surface area contributed by atoms with Crippen LogP contribution in [0.4, 0.5) is 11.5 Å². The predicted octanol–water partition coefficient (Wildman–Crippen LogP) is 3.68. The van der Waals surface area contributed by atoms with Gasteiger partial charge in [-0.1, -0.05) is 42.5 Å².